The molecular weight excluding hydrogens is 507 g/mol. The Kier molecular flexibility index (Phi) is 9.39. The lowest BCUT2D eigenvalue weighted by Gasteiger charge is -2.13. The molecule has 9 nitrogen and oxygen atoms in total. The number of amides is 1. The number of anilines is 1. The molecule has 0 aliphatic carbocycles. The van der Waals surface area contributed by atoms with Crippen molar-refractivity contribution in [1.82, 2.24) is 4.98 Å². The van der Waals surface area contributed by atoms with E-state index in [4.69, 9.17) is 19.0 Å². The lowest BCUT2D eigenvalue weighted by atomic mass is 10.00. The zero-order valence-corrected chi connectivity index (χ0v) is 20.7. The quantitative estimate of drug-likeness (QED) is 0.230. The fraction of sp³-hybridized carbons (Fsp3) is 0.231. The number of methoxy groups -OCH3 is 2. The summed E-state index contributed by atoms with van der Waals surface area (Å²) in [5, 5.41) is 6.53. The number of ether oxygens (including phenoxy) is 3. The van der Waals surface area contributed by atoms with Crippen LogP contribution in [0.3, 0.4) is 0 Å². The van der Waals surface area contributed by atoms with Crippen molar-refractivity contribution in [1.29, 1.82) is 0 Å². The van der Waals surface area contributed by atoms with Gasteiger partial charge in [0.25, 0.3) is 5.91 Å². The maximum Gasteiger partial charge on any atom is 0.416 e. The van der Waals surface area contributed by atoms with Crippen molar-refractivity contribution in [3.8, 4) is 11.5 Å². The van der Waals surface area contributed by atoms with Crippen LogP contribution in [0.5, 0.6) is 11.5 Å². The van der Waals surface area contributed by atoms with Crippen LogP contribution in [0.4, 0.5) is 18.9 Å². The summed E-state index contributed by atoms with van der Waals surface area (Å²) in [6.45, 7) is 0.129. The molecule has 3 rings (SSSR count). The molecule has 0 bridgehead atoms. The van der Waals surface area contributed by atoms with Crippen molar-refractivity contribution >= 4 is 23.3 Å². The summed E-state index contributed by atoms with van der Waals surface area (Å²) in [6.07, 6.45) is -3.24. The minimum absolute atomic E-state index is 0.0473. The molecule has 0 unspecified atom stereocenters. The standard InChI is InChI=1S/C26H24F3N3O6/c1-35-14-12-21(33)38-24-20(36-2)11-13-30-23(24)25(34)31-19-9-7-16(8-10-19)22(32-37-3)17-5-4-6-18(15-17)26(27,28)29/h4-11,13,15H,12,14H2,1-3H3,(H,31,34)/b32-22-. The molecule has 1 aromatic heterocycles. The van der Waals surface area contributed by atoms with E-state index in [1.165, 1.54) is 57.9 Å². The fourth-order valence-electron chi connectivity index (χ4n) is 3.31. The van der Waals surface area contributed by atoms with Crippen molar-refractivity contribution in [2.45, 2.75) is 12.6 Å². The molecule has 200 valence electrons. The van der Waals surface area contributed by atoms with Crippen LogP contribution < -0.4 is 14.8 Å². The smallest absolute Gasteiger partial charge is 0.416 e. The lowest BCUT2D eigenvalue weighted by molar-refractivity contribution is -0.137. The molecule has 0 saturated carbocycles. The first-order valence-corrected chi connectivity index (χ1v) is 11.1. The van der Waals surface area contributed by atoms with E-state index in [1.54, 1.807) is 12.1 Å². The number of carbonyl (C=O) groups excluding carboxylic acids is 2. The maximum absolute atomic E-state index is 13.2. The normalized spacial score (nSPS) is 11.6. The Balaban J connectivity index is 1.84. The SMILES string of the molecule is COCCC(=O)Oc1c(OC)ccnc1C(=O)Nc1ccc(/C(=N/OC)c2cccc(C(F)(F)F)c2)cc1. The van der Waals surface area contributed by atoms with Crippen molar-refractivity contribution in [2.24, 2.45) is 5.16 Å². The number of hydrogen-bond donors (Lipinski definition) is 1. The summed E-state index contributed by atoms with van der Waals surface area (Å²) in [7, 11) is 4.07. The number of alkyl halides is 3. The van der Waals surface area contributed by atoms with Gasteiger partial charge in [-0.2, -0.15) is 13.2 Å². The lowest BCUT2D eigenvalue weighted by Crippen LogP contribution is -2.19. The van der Waals surface area contributed by atoms with Crippen LogP contribution in [0.2, 0.25) is 0 Å². The molecule has 0 saturated heterocycles. The van der Waals surface area contributed by atoms with E-state index < -0.39 is 23.6 Å². The second-order valence-electron chi connectivity index (χ2n) is 7.64. The summed E-state index contributed by atoms with van der Waals surface area (Å²) in [5.74, 6) is -1.34. The molecule has 0 spiro atoms. The number of nitrogens with zero attached hydrogens (tertiary/aromatic N) is 2. The molecule has 1 N–H and O–H groups in total. The zero-order chi connectivity index (χ0) is 27.7. The number of rotatable bonds is 10. The minimum Gasteiger partial charge on any atom is -0.493 e. The van der Waals surface area contributed by atoms with E-state index in [-0.39, 0.29) is 41.5 Å². The van der Waals surface area contributed by atoms with Crippen LogP contribution in [-0.4, -0.2) is 50.5 Å². The molecule has 0 aliphatic rings. The van der Waals surface area contributed by atoms with Gasteiger partial charge in [0.05, 0.1) is 25.7 Å². The topological polar surface area (TPSA) is 108 Å². The van der Waals surface area contributed by atoms with Gasteiger partial charge >= 0.3 is 12.1 Å². The van der Waals surface area contributed by atoms with Crippen molar-refractivity contribution in [3.05, 3.63) is 83.2 Å². The number of nitrogens with one attached hydrogen (secondary N) is 1. The first-order chi connectivity index (χ1) is 18.2. The summed E-state index contributed by atoms with van der Waals surface area (Å²) in [5.41, 5.74) is 0.115. The van der Waals surface area contributed by atoms with Gasteiger partial charge in [-0.25, -0.2) is 4.98 Å². The van der Waals surface area contributed by atoms with Crippen LogP contribution in [0, 0.1) is 0 Å². The van der Waals surface area contributed by atoms with Gasteiger partial charge in [-0.15, -0.1) is 0 Å². The number of halogens is 3. The second-order valence-corrected chi connectivity index (χ2v) is 7.64. The average Bonchev–Trinajstić information content (AvgIpc) is 2.90. The van der Waals surface area contributed by atoms with Crippen LogP contribution in [-0.2, 0) is 20.5 Å². The third-order valence-corrected chi connectivity index (χ3v) is 5.09. The third kappa shape index (κ3) is 7.07. The number of oxime groups is 1. The van der Waals surface area contributed by atoms with Gasteiger partial charge in [0.2, 0.25) is 5.75 Å². The first-order valence-electron chi connectivity index (χ1n) is 11.1. The van der Waals surface area contributed by atoms with Gasteiger partial charge in [-0.05, 0) is 24.3 Å². The van der Waals surface area contributed by atoms with E-state index in [0.717, 1.165) is 12.1 Å². The molecule has 1 heterocycles. The average molecular weight is 531 g/mol. The number of benzene rings is 2. The molecular formula is C26H24F3N3O6. The molecule has 0 radical (unpaired) electrons. The van der Waals surface area contributed by atoms with Crippen LogP contribution >= 0.6 is 0 Å². The van der Waals surface area contributed by atoms with Crippen LogP contribution in [0.15, 0.2) is 65.9 Å². The Labute approximate surface area is 216 Å². The van der Waals surface area contributed by atoms with E-state index >= 15 is 0 Å². The van der Waals surface area contributed by atoms with Crippen LogP contribution in [0.25, 0.3) is 0 Å². The maximum atomic E-state index is 13.2. The monoisotopic (exact) mass is 531 g/mol. The predicted octanol–water partition coefficient (Wildman–Crippen LogP) is 4.70. The molecule has 0 aliphatic heterocycles. The van der Waals surface area contributed by atoms with E-state index in [0.29, 0.717) is 11.3 Å². The summed E-state index contributed by atoms with van der Waals surface area (Å²) in [4.78, 5) is 34.0. The second kappa shape index (κ2) is 12.7. The third-order valence-electron chi connectivity index (χ3n) is 5.09. The summed E-state index contributed by atoms with van der Waals surface area (Å²) < 4.78 is 54.9. The van der Waals surface area contributed by atoms with Gasteiger partial charge in [0, 0.05) is 36.2 Å². The van der Waals surface area contributed by atoms with Gasteiger partial charge in [0.1, 0.15) is 12.8 Å². The van der Waals surface area contributed by atoms with Gasteiger partial charge in [-0.1, -0.05) is 29.4 Å². The predicted molar refractivity (Wildman–Crippen MR) is 131 cm³/mol. The molecule has 0 fully saturated rings. The highest BCUT2D eigenvalue weighted by molar-refractivity contribution is 6.13. The van der Waals surface area contributed by atoms with Crippen molar-refractivity contribution < 1.29 is 41.8 Å². The highest BCUT2D eigenvalue weighted by Crippen LogP contribution is 2.31. The van der Waals surface area contributed by atoms with Gasteiger partial charge in [-0.3, -0.25) is 9.59 Å². The first kappa shape index (κ1) is 28.1. The van der Waals surface area contributed by atoms with Gasteiger partial charge < -0.3 is 24.4 Å². The summed E-state index contributed by atoms with van der Waals surface area (Å²) >= 11 is 0. The van der Waals surface area contributed by atoms with Crippen LogP contribution in [0.1, 0.15) is 33.6 Å². The highest BCUT2D eigenvalue weighted by atomic mass is 19.4. The largest absolute Gasteiger partial charge is 0.493 e. The molecule has 38 heavy (non-hydrogen) atoms. The van der Waals surface area contributed by atoms with E-state index in [1.807, 2.05) is 0 Å². The molecule has 2 aromatic carbocycles. The Morgan fingerprint density at radius 2 is 1.74 bits per heavy atom. The fourth-order valence-corrected chi connectivity index (χ4v) is 3.31. The number of esters is 1. The Morgan fingerprint density at radius 1 is 1.00 bits per heavy atom. The molecule has 0 atom stereocenters. The number of hydrogen-bond acceptors (Lipinski definition) is 8. The highest BCUT2D eigenvalue weighted by Gasteiger charge is 2.31. The zero-order valence-electron chi connectivity index (χ0n) is 20.7. The van der Waals surface area contributed by atoms with Gasteiger partial charge in [0.15, 0.2) is 11.4 Å². The van der Waals surface area contributed by atoms with E-state index in [9.17, 15) is 22.8 Å². The number of pyridine rings is 1. The molecule has 3 aromatic rings. The molecule has 12 heteroatoms. The Morgan fingerprint density at radius 3 is 2.37 bits per heavy atom. The minimum atomic E-state index is -4.52. The Hall–Kier alpha value is -4.45. The number of aromatic nitrogens is 1. The Bertz CT molecular complexity index is 1310. The molecule has 1 amide bonds. The van der Waals surface area contributed by atoms with Crippen molar-refractivity contribution in [2.75, 3.05) is 33.3 Å². The number of carbonyl (C=O) groups is 2. The summed E-state index contributed by atoms with van der Waals surface area (Å²) in [6, 6.07) is 12.3. The van der Waals surface area contributed by atoms with E-state index in [2.05, 4.69) is 15.5 Å². The van der Waals surface area contributed by atoms with Crippen molar-refractivity contribution in [3.63, 3.8) is 0 Å².